The smallest absolute Gasteiger partial charge is 0.182 e. The molecule has 0 fully saturated rings. The zero-order chi connectivity index (χ0) is 11.4. The van der Waals surface area contributed by atoms with Crippen molar-refractivity contribution in [3.63, 3.8) is 0 Å². The normalized spacial score (nSPS) is 12.8. The summed E-state index contributed by atoms with van der Waals surface area (Å²) in [6, 6.07) is 0. The van der Waals surface area contributed by atoms with Crippen molar-refractivity contribution in [3.05, 3.63) is 16.9 Å². The average Bonchev–Trinajstić information content (AvgIpc) is 2.46. The minimum absolute atomic E-state index is 0.00421. The predicted molar refractivity (Wildman–Crippen MR) is 58.2 cm³/mol. The summed E-state index contributed by atoms with van der Waals surface area (Å²) in [5, 5.41) is 4.33. The monoisotopic (exact) mass is 230 g/mol. The Hall–Kier alpha value is -0.870. The SMILES string of the molecule is COCC(C)CC(=O)c1c(Cl)cnn1C. The van der Waals surface area contributed by atoms with E-state index in [-0.39, 0.29) is 11.7 Å². The van der Waals surface area contributed by atoms with Gasteiger partial charge < -0.3 is 4.74 Å². The maximum atomic E-state index is 11.8. The second-order valence-electron chi connectivity index (χ2n) is 3.65. The summed E-state index contributed by atoms with van der Waals surface area (Å²) in [5.41, 5.74) is 0.472. The number of nitrogens with zero attached hydrogens (tertiary/aromatic N) is 2. The van der Waals surface area contributed by atoms with Gasteiger partial charge in [0.15, 0.2) is 5.78 Å². The molecule has 0 radical (unpaired) electrons. The van der Waals surface area contributed by atoms with Gasteiger partial charge in [-0.3, -0.25) is 9.48 Å². The van der Waals surface area contributed by atoms with Gasteiger partial charge in [0.05, 0.1) is 11.2 Å². The van der Waals surface area contributed by atoms with Gasteiger partial charge in [0.1, 0.15) is 5.69 Å². The molecule has 1 rings (SSSR count). The number of halogens is 1. The molecule has 0 bridgehead atoms. The van der Waals surface area contributed by atoms with Crippen LogP contribution in [0.2, 0.25) is 5.02 Å². The van der Waals surface area contributed by atoms with Gasteiger partial charge in [0, 0.05) is 27.2 Å². The maximum Gasteiger partial charge on any atom is 0.182 e. The topological polar surface area (TPSA) is 44.1 Å². The number of hydrogen-bond donors (Lipinski definition) is 0. The third-order valence-corrected chi connectivity index (χ3v) is 2.42. The van der Waals surface area contributed by atoms with Gasteiger partial charge in [-0.25, -0.2) is 0 Å². The first-order valence-corrected chi connectivity index (χ1v) is 5.13. The molecular formula is C10H15ClN2O2. The quantitative estimate of drug-likeness (QED) is 0.726. The summed E-state index contributed by atoms with van der Waals surface area (Å²) >= 11 is 5.87. The average molecular weight is 231 g/mol. The van der Waals surface area contributed by atoms with Crippen LogP contribution in [0.4, 0.5) is 0 Å². The lowest BCUT2D eigenvalue weighted by molar-refractivity contribution is 0.0911. The highest BCUT2D eigenvalue weighted by Crippen LogP contribution is 2.18. The molecule has 4 nitrogen and oxygen atoms in total. The van der Waals surface area contributed by atoms with Crippen molar-refractivity contribution in [1.29, 1.82) is 0 Å². The molecule has 0 aromatic carbocycles. The Labute approximate surface area is 94.2 Å². The number of ketones is 1. The second-order valence-corrected chi connectivity index (χ2v) is 4.06. The third kappa shape index (κ3) is 3.04. The fourth-order valence-electron chi connectivity index (χ4n) is 1.48. The van der Waals surface area contributed by atoms with E-state index in [0.29, 0.717) is 23.7 Å². The molecule has 1 aromatic heterocycles. The number of rotatable bonds is 5. The van der Waals surface area contributed by atoms with Crippen molar-refractivity contribution in [3.8, 4) is 0 Å². The van der Waals surface area contributed by atoms with Gasteiger partial charge in [-0.05, 0) is 5.92 Å². The van der Waals surface area contributed by atoms with Crippen LogP contribution in [0.5, 0.6) is 0 Å². The summed E-state index contributed by atoms with van der Waals surface area (Å²) in [7, 11) is 3.33. The summed E-state index contributed by atoms with van der Waals surface area (Å²) in [5.74, 6) is 0.193. The molecule has 0 saturated heterocycles. The lowest BCUT2D eigenvalue weighted by Gasteiger charge is -2.09. The fourth-order valence-corrected chi connectivity index (χ4v) is 1.75. The van der Waals surface area contributed by atoms with Crippen molar-refractivity contribution in [2.24, 2.45) is 13.0 Å². The fraction of sp³-hybridized carbons (Fsp3) is 0.600. The minimum Gasteiger partial charge on any atom is -0.384 e. The molecule has 15 heavy (non-hydrogen) atoms. The largest absolute Gasteiger partial charge is 0.384 e. The number of aryl methyl sites for hydroxylation is 1. The molecule has 0 amide bonds. The van der Waals surface area contributed by atoms with Gasteiger partial charge in [-0.15, -0.1) is 0 Å². The molecule has 5 heteroatoms. The van der Waals surface area contributed by atoms with E-state index in [1.54, 1.807) is 14.2 Å². The van der Waals surface area contributed by atoms with E-state index in [0.717, 1.165) is 0 Å². The molecule has 84 valence electrons. The van der Waals surface area contributed by atoms with E-state index in [2.05, 4.69) is 5.10 Å². The van der Waals surface area contributed by atoms with E-state index < -0.39 is 0 Å². The molecule has 0 spiro atoms. The van der Waals surface area contributed by atoms with Crippen molar-refractivity contribution in [2.75, 3.05) is 13.7 Å². The molecule has 1 unspecified atom stereocenters. The number of carbonyl (C=O) groups excluding carboxylic acids is 1. The van der Waals surface area contributed by atoms with Gasteiger partial charge in [0.2, 0.25) is 0 Å². The highest BCUT2D eigenvalue weighted by molar-refractivity contribution is 6.33. The first-order chi connectivity index (χ1) is 7.06. The molecule has 0 aliphatic rings. The molecule has 0 N–H and O–H groups in total. The highest BCUT2D eigenvalue weighted by Gasteiger charge is 2.17. The first-order valence-electron chi connectivity index (χ1n) is 4.76. The highest BCUT2D eigenvalue weighted by atomic mass is 35.5. The molecule has 1 aromatic rings. The van der Waals surface area contributed by atoms with Crippen LogP contribution in [0, 0.1) is 5.92 Å². The Morgan fingerprint density at radius 1 is 1.73 bits per heavy atom. The van der Waals surface area contributed by atoms with E-state index >= 15 is 0 Å². The first kappa shape index (κ1) is 12.2. The van der Waals surface area contributed by atoms with Crippen LogP contribution in [0.15, 0.2) is 6.20 Å². The molecule has 0 saturated carbocycles. The van der Waals surface area contributed by atoms with Gasteiger partial charge in [-0.1, -0.05) is 18.5 Å². The zero-order valence-corrected chi connectivity index (χ0v) is 9.91. The van der Waals surface area contributed by atoms with Crippen molar-refractivity contribution < 1.29 is 9.53 Å². The second kappa shape index (κ2) is 5.28. The van der Waals surface area contributed by atoms with Crippen LogP contribution in [0.1, 0.15) is 23.8 Å². The van der Waals surface area contributed by atoms with Gasteiger partial charge >= 0.3 is 0 Å². The van der Waals surface area contributed by atoms with Crippen LogP contribution < -0.4 is 0 Å². The summed E-state index contributed by atoms with van der Waals surface area (Å²) in [4.78, 5) is 11.8. The molecular weight excluding hydrogens is 216 g/mol. The Balaban J connectivity index is 2.69. The van der Waals surface area contributed by atoms with Crippen molar-refractivity contribution in [2.45, 2.75) is 13.3 Å². The Morgan fingerprint density at radius 2 is 2.40 bits per heavy atom. The van der Waals surface area contributed by atoms with Gasteiger partial charge in [-0.2, -0.15) is 5.10 Å². The van der Waals surface area contributed by atoms with Crippen LogP contribution in [-0.2, 0) is 11.8 Å². The standard InChI is InChI=1S/C10H15ClN2O2/c1-7(6-15-3)4-9(14)10-8(11)5-12-13(10)2/h5,7H,4,6H2,1-3H3. The van der Waals surface area contributed by atoms with Crippen molar-refractivity contribution in [1.82, 2.24) is 9.78 Å². The lowest BCUT2D eigenvalue weighted by atomic mass is 10.0. The van der Waals surface area contributed by atoms with E-state index in [1.807, 2.05) is 6.92 Å². The number of Topliss-reactive ketones (excluding diaryl/α,β-unsaturated/α-hetero) is 1. The molecule has 1 heterocycles. The zero-order valence-electron chi connectivity index (χ0n) is 9.16. The number of hydrogen-bond acceptors (Lipinski definition) is 3. The minimum atomic E-state index is 0.00421. The molecule has 0 aliphatic carbocycles. The molecule has 0 aliphatic heterocycles. The van der Waals surface area contributed by atoms with E-state index in [4.69, 9.17) is 16.3 Å². The summed E-state index contributed by atoms with van der Waals surface area (Å²) < 4.78 is 6.48. The van der Waals surface area contributed by atoms with E-state index in [9.17, 15) is 4.79 Å². The van der Waals surface area contributed by atoms with Crippen LogP contribution in [0.25, 0.3) is 0 Å². The predicted octanol–water partition coefficient (Wildman–Crippen LogP) is 1.93. The number of ether oxygens (including phenoxy) is 1. The Kier molecular flexibility index (Phi) is 4.29. The Morgan fingerprint density at radius 3 is 2.87 bits per heavy atom. The van der Waals surface area contributed by atoms with Gasteiger partial charge in [0.25, 0.3) is 0 Å². The van der Waals surface area contributed by atoms with Crippen LogP contribution in [0.3, 0.4) is 0 Å². The van der Waals surface area contributed by atoms with Crippen molar-refractivity contribution >= 4 is 17.4 Å². The number of methoxy groups -OCH3 is 1. The van der Waals surface area contributed by atoms with E-state index in [1.165, 1.54) is 10.9 Å². The van der Waals surface area contributed by atoms with Crippen LogP contribution in [-0.4, -0.2) is 29.3 Å². The number of aromatic nitrogens is 2. The summed E-state index contributed by atoms with van der Waals surface area (Å²) in [6.45, 7) is 2.53. The number of carbonyl (C=O) groups is 1. The molecule has 1 atom stereocenters. The lowest BCUT2D eigenvalue weighted by Crippen LogP contribution is -2.14. The third-order valence-electron chi connectivity index (χ3n) is 2.14. The maximum absolute atomic E-state index is 11.8. The summed E-state index contributed by atoms with van der Waals surface area (Å²) in [6.07, 6.45) is 1.91. The van der Waals surface area contributed by atoms with Crippen LogP contribution >= 0.6 is 11.6 Å². The Bertz CT molecular complexity index is 330.